The molecule has 0 spiro atoms. The van der Waals surface area contributed by atoms with Crippen LogP contribution in [0, 0.1) is 17.8 Å². The summed E-state index contributed by atoms with van der Waals surface area (Å²) < 4.78 is 0. The fraction of sp³-hybridized carbons (Fsp3) is 0.641. The number of hydrogen-bond donors (Lipinski definition) is 7. The van der Waals surface area contributed by atoms with Crippen molar-refractivity contribution in [1.82, 2.24) is 15.5 Å². The van der Waals surface area contributed by atoms with Crippen molar-refractivity contribution in [1.29, 1.82) is 0 Å². The van der Waals surface area contributed by atoms with Crippen LogP contribution in [0.25, 0.3) is 0 Å². The van der Waals surface area contributed by atoms with Crippen LogP contribution in [0.2, 0.25) is 0 Å². The summed E-state index contributed by atoms with van der Waals surface area (Å²) in [6.07, 6.45) is -0.643. The number of rotatable bonds is 15. The number of benzene rings is 1. The molecule has 1 fully saturated rings. The lowest BCUT2D eigenvalue weighted by Crippen LogP contribution is -2.58. The summed E-state index contributed by atoms with van der Waals surface area (Å²) in [6, 6.07) is 3.69. The number of aliphatic hydroxyl groups excluding tert-OH is 3. The molecular formula is C39H59N5O11. The number of hydrogen-bond acceptors (Lipinski definition) is 12. The van der Waals surface area contributed by atoms with Crippen LogP contribution >= 0.6 is 0 Å². The highest BCUT2D eigenvalue weighted by Gasteiger charge is 2.38. The molecule has 1 aromatic carbocycles. The van der Waals surface area contributed by atoms with Crippen LogP contribution in [0.5, 0.6) is 0 Å². The Morgan fingerprint density at radius 3 is 2.24 bits per heavy atom. The smallest absolute Gasteiger partial charge is 0.246 e. The lowest BCUT2D eigenvalue weighted by Gasteiger charge is -2.33. The fourth-order valence-corrected chi connectivity index (χ4v) is 6.76. The molecule has 1 saturated heterocycles. The third-order valence-electron chi connectivity index (χ3n) is 10.2. The largest absolute Gasteiger partial charge is 0.394 e. The van der Waals surface area contributed by atoms with Crippen molar-refractivity contribution in [2.45, 2.75) is 121 Å². The van der Waals surface area contributed by atoms with Crippen molar-refractivity contribution in [3.8, 4) is 0 Å². The second kappa shape index (κ2) is 23.5. The van der Waals surface area contributed by atoms with E-state index in [2.05, 4.69) is 10.6 Å². The van der Waals surface area contributed by atoms with Gasteiger partial charge in [0.25, 0.3) is 0 Å². The molecule has 306 valence electrons. The second-order valence-corrected chi connectivity index (χ2v) is 14.5. The first kappa shape index (κ1) is 46.8. The quantitative estimate of drug-likeness (QED) is 0.121. The van der Waals surface area contributed by atoms with Crippen molar-refractivity contribution < 1.29 is 53.7 Å². The molecule has 16 nitrogen and oxygen atoms in total. The van der Waals surface area contributed by atoms with Gasteiger partial charge in [0, 0.05) is 56.9 Å². The van der Waals surface area contributed by atoms with Crippen LogP contribution in [-0.4, -0.2) is 118 Å². The highest BCUT2D eigenvalue weighted by molar-refractivity contribution is 5.97. The van der Waals surface area contributed by atoms with E-state index >= 15 is 0 Å². The number of ketones is 4. The predicted molar refractivity (Wildman–Crippen MR) is 201 cm³/mol. The first-order valence-electron chi connectivity index (χ1n) is 19.0. The van der Waals surface area contributed by atoms with Gasteiger partial charge in [0.2, 0.25) is 23.6 Å². The van der Waals surface area contributed by atoms with Crippen LogP contribution in [0.15, 0.2) is 30.3 Å². The topological polar surface area (TPSA) is 277 Å². The average Bonchev–Trinajstić information content (AvgIpc) is 3.15. The molecule has 8 atom stereocenters. The Labute approximate surface area is 322 Å². The van der Waals surface area contributed by atoms with E-state index in [-0.39, 0.29) is 50.7 Å². The van der Waals surface area contributed by atoms with Gasteiger partial charge in [-0.05, 0) is 44.6 Å². The van der Waals surface area contributed by atoms with Crippen molar-refractivity contribution in [3.63, 3.8) is 0 Å². The lowest BCUT2D eigenvalue weighted by molar-refractivity contribution is -0.148. The first-order chi connectivity index (χ1) is 26.0. The van der Waals surface area contributed by atoms with Crippen molar-refractivity contribution in [3.05, 3.63) is 35.9 Å². The zero-order chi connectivity index (χ0) is 41.2. The molecule has 16 heteroatoms. The minimum Gasteiger partial charge on any atom is -0.394 e. The lowest BCUT2D eigenvalue weighted by atomic mass is 9.89. The van der Waals surface area contributed by atoms with Crippen LogP contribution in [-0.2, 0) is 44.8 Å². The van der Waals surface area contributed by atoms with Gasteiger partial charge in [-0.15, -0.1) is 0 Å². The summed E-state index contributed by atoms with van der Waals surface area (Å²) in [5.74, 6) is -7.88. The molecule has 1 heterocycles. The van der Waals surface area contributed by atoms with E-state index in [1.165, 1.54) is 14.0 Å². The summed E-state index contributed by atoms with van der Waals surface area (Å²) in [5, 5.41) is 35.2. The fourth-order valence-electron chi connectivity index (χ4n) is 6.76. The summed E-state index contributed by atoms with van der Waals surface area (Å²) in [4.78, 5) is 107. The molecule has 2 rings (SSSR count). The Morgan fingerprint density at radius 2 is 1.65 bits per heavy atom. The molecule has 0 aliphatic carbocycles. The van der Waals surface area contributed by atoms with E-state index in [9.17, 15) is 53.7 Å². The Kier molecular flexibility index (Phi) is 20.0. The van der Waals surface area contributed by atoms with Crippen LogP contribution in [0.4, 0.5) is 0 Å². The monoisotopic (exact) mass is 773 g/mol. The average molecular weight is 774 g/mol. The summed E-state index contributed by atoms with van der Waals surface area (Å²) in [6.45, 7) is 1.40. The number of amides is 4. The van der Waals surface area contributed by atoms with Crippen LogP contribution < -0.4 is 22.1 Å². The Bertz CT molecular complexity index is 1490. The number of nitrogens with one attached hydrogen (secondary N) is 2. The number of carbonyl (C=O) groups excluding carboxylic acids is 8. The van der Waals surface area contributed by atoms with Crippen molar-refractivity contribution in [2.24, 2.45) is 29.2 Å². The van der Waals surface area contributed by atoms with Gasteiger partial charge in [-0.3, -0.25) is 38.4 Å². The number of Topliss-reactive ketones (excluding diaryl/α,β-unsaturated/α-hetero) is 4. The highest BCUT2D eigenvalue weighted by atomic mass is 16.3. The molecule has 0 bridgehead atoms. The third-order valence-corrected chi connectivity index (χ3v) is 10.2. The Balaban J connectivity index is 2.32. The number of carbonyl (C=O) groups is 8. The molecule has 1 aliphatic rings. The van der Waals surface area contributed by atoms with Gasteiger partial charge in [0.15, 0.2) is 17.3 Å². The highest BCUT2D eigenvalue weighted by Crippen LogP contribution is 2.22. The molecule has 0 saturated carbocycles. The number of nitrogens with two attached hydrogens (primary N) is 2. The number of likely N-dealkylation sites (N-methyl/N-ethyl adjacent to an activating group) is 1. The summed E-state index contributed by atoms with van der Waals surface area (Å²) >= 11 is 0. The first-order valence-corrected chi connectivity index (χ1v) is 19.0. The van der Waals surface area contributed by atoms with Gasteiger partial charge < -0.3 is 42.3 Å². The molecule has 9 N–H and O–H groups in total. The molecule has 5 unspecified atom stereocenters. The standard InChI is InChI=1S/C39H59N5O11/c1-4-30(33(50)20-27(36(41)52)17-24-11-7-5-8-12-24)42-37(53)25-13-9-6-10-14-28(48)16-15-26(19-32(49)29(40)21-45)39(55)44(3)35(23(2)47)38(54)43-31(22-46)34(51)18-25/h5,7-8,11-12,23,25-27,29-31,35,45-47H,4,6,9-10,13-22,40H2,1-3H3,(H2,41,52)(H,42,53)(H,43,54)/t23?,25?,26?,27?,29-,30-,31-,35?/m0/s1. The summed E-state index contributed by atoms with van der Waals surface area (Å²) in [7, 11) is 1.22. The van der Waals surface area contributed by atoms with Gasteiger partial charge in [0.05, 0.1) is 31.4 Å². The minimum absolute atomic E-state index is 0.0657. The Morgan fingerprint density at radius 1 is 0.982 bits per heavy atom. The SMILES string of the molecule is CC[C@H](NC(=O)C1CCCCCC(=O)CCC(CC(=O)[C@@H](N)CO)C(=O)N(C)C(C(C)O)C(=O)N[C@@H](CO)C(=O)C1)C(=O)CC(Cc1ccccc1)C(N)=O. The van der Waals surface area contributed by atoms with Gasteiger partial charge in [-0.1, -0.05) is 50.1 Å². The Hall–Kier alpha value is -4.38. The minimum atomic E-state index is -1.59. The van der Waals surface area contributed by atoms with E-state index in [1.807, 2.05) is 18.2 Å². The second-order valence-electron chi connectivity index (χ2n) is 14.5. The van der Waals surface area contributed by atoms with Crippen LogP contribution in [0.1, 0.15) is 90.0 Å². The predicted octanol–water partition coefficient (Wildman–Crippen LogP) is -0.347. The number of nitrogens with zero attached hydrogens (tertiary/aromatic N) is 1. The van der Waals surface area contributed by atoms with Gasteiger partial charge >= 0.3 is 0 Å². The van der Waals surface area contributed by atoms with Gasteiger partial charge in [-0.25, -0.2) is 0 Å². The van der Waals surface area contributed by atoms with Crippen LogP contribution in [0.3, 0.4) is 0 Å². The molecule has 0 radical (unpaired) electrons. The third kappa shape index (κ3) is 15.0. The van der Waals surface area contributed by atoms with Crippen molar-refractivity contribution >= 4 is 46.8 Å². The molecule has 4 amide bonds. The van der Waals surface area contributed by atoms with E-state index in [0.717, 1.165) is 10.5 Å². The molecular weight excluding hydrogens is 714 g/mol. The zero-order valence-electron chi connectivity index (χ0n) is 32.1. The number of primary amides is 1. The van der Waals surface area contributed by atoms with E-state index in [1.54, 1.807) is 19.1 Å². The van der Waals surface area contributed by atoms with Gasteiger partial charge in [0.1, 0.15) is 17.9 Å². The molecule has 1 aliphatic heterocycles. The summed E-state index contributed by atoms with van der Waals surface area (Å²) in [5.41, 5.74) is 12.1. The maximum absolute atomic E-state index is 13.7. The molecule has 1 aromatic rings. The maximum atomic E-state index is 13.7. The van der Waals surface area contributed by atoms with Gasteiger partial charge in [-0.2, -0.15) is 0 Å². The zero-order valence-corrected chi connectivity index (χ0v) is 32.1. The normalized spacial score (nSPS) is 23.4. The molecule has 0 aromatic heterocycles. The maximum Gasteiger partial charge on any atom is 0.246 e. The van der Waals surface area contributed by atoms with E-state index < -0.39 is 115 Å². The number of aliphatic hydroxyl groups is 3. The van der Waals surface area contributed by atoms with E-state index in [0.29, 0.717) is 19.3 Å². The van der Waals surface area contributed by atoms with Crippen molar-refractivity contribution in [2.75, 3.05) is 20.3 Å². The van der Waals surface area contributed by atoms with E-state index in [4.69, 9.17) is 11.5 Å². The molecule has 55 heavy (non-hydrogen) atoms.